The number of halogens is 1. The molecular weight excluding hydrogens is 439 g/mol. The van der Waals surface area contributed by atoms with Crippen LogP contribution in [0.5, 0.6) is 0 Å². The Kier molecular flexibility index (Phi) is 8.21. The quantitative estimate of drug-likeness (QED) is 0.384. The van der Waals surface area contributed by atoms with Crippen LogP contribution in [0.15, 0.2) is 33.7 Å². The summed E-state index contributed by atoms with van der Waals surface area (Å²) in [4.78, 5) is 6.90. The van der Waals surface area contributed by atoms with Crippen molar-refractivity contribution in [2.45, 2.75) is 33.2 Å². The lowest BCUT2D eigenvalue weighted by molar-refractivity contribution is 0.324. The Bertz CT molecular complexity index is 728. The maximum atomic E-state index is 5.96. The number of hydrogen-bond donors (Lipinski definition) is 2. The molecule has 1 fully saturated rings. The number of fused-ring (bicyclic) bond motifs is 1. The predicted octanol–water partition coefficient (Wildman–Crippen LogP) is 3.76. The summed E-state index contributed by atoms with van der Waals surface area (Å²) in [5.41, 5.74) is 2.14. The molecule has 3 rings (SSSR count). The topological polar surface area (TPSA) is 52.8 Å². The van der Waals surface area contributed by atoms with E-state index in [0.717, 1.165) is 23.8 Å². The Hall–Kier alpha value is -1.28. The molecule has 2 N–H and O–H groups in total. The largest absolute Gasteiger partial charge is 0.459 e. The van der Waals surface area contributed by atoms with Crippen molar-refractivity contribution >= 4 is 40.9 Å². The van der Waals surface area contributed by atoms with Gasteiger partial charge in [0.2, 0.25) is 0 Å². The van der Waals surface area contributed by atoms with Crippen molar-refractivity contribution in [1.82, 2.24) is 15.5 Å². The number of para-hydroxylation sites is 1. The zero-order valence-corrected chi connectivity index (χ0v) is 18.4. The molecule has 1 unspecified atom stereocenters. The Balaban J connectivity index is 0.00000243. The molecule has 6 heteroatoms. The molecular formula is C20H31IN4O. The summed E-state index contributed by atoms with van der Waals surface area (Å²) in [7, 11) is 1.82. The van der Waals surface area contributed by atoms with E-state index in [1.807, 2.05) is 25.2 Å². The van der Waals surface area contributed by atoms with Gasteiger partial charge in [0.15, 0.2) is 5.96 Å². The van der Waals surface area contributed by atoms with Crippen LogP contribution in [0.1, 0.15) is 31.1 Å². The predicted molar refractivity (Wildman–Crippen MR) is 119 cm³/mol. The minimum atomic E-state index is 0. The number of hydrogen-bond acceptors (Lipinski definition) is 3. The summed E-state index contributed by atoms with van der Waals surface area (Å²) in [6.07, 6.45) is 2.51. The number of rotatable bonds is 6. The second-order valence-corrected chi connectivity index (χ2v) is 6.91. The second kappa shape index (κ2) is 10.2. The van der Waals surface area contributed by atoms with Gasteiger partial charge in [-0.05, 0) is 44.8 Å². The van der Waals surface area contributed by atoms with E-state index in [-0.39, 0.29) is 24.0 Å². The third-order valence-corrected chi connectivity index (χ3v) is 5.05. The highest BCUT2D eigenvalue weighted by molar-refractivity contribution is 14.0. The van der Waals surface area contributed by atoms with Gasteiger partial charge in [-0.25, -0.2) is 0 Å². The Morgan fingerprint density at radius 2 is 2.12 bits per heavy atom. The summed E-state index contributed by atoms with van der Waals surface area (Å²) < 4.78 is 5.96. The van der Waals surface area contributed by atoms with E-state index >= 15 is 0 Å². The van der Waals surface area contributed by atoms with Gasteiger partial charge in [0, 0.05) is 31.1 Å². The highest BCUT2D eigenvalue weighted by Gasteiger charge is 2.21. The van der Waals surface area contributed by atoms with Crippen LogP contribution in [0.4, 0.5) is 0 Å². The van der Waals surface area contributed by atoms with Crippen molar-refractivity contribution in [2.24, 2.45) is 10.9 Å². The van der Waals surface area contributed by atoms with Crippen LogP contribution in [0, 0.1) is 12.8 Å². The number of nitrogens with zero attached hydrogens (tertiary/aromatic N) is 2. The number of likely N-dealkylation sites (tertiary alicyclic amines) is 1. The Morgan fingerprint density at radius 3 is 2.85 bits per heavy atom. The SMILES string of the molecule is CCCN1CCC(CNC(=NC)NCc2oc3ccccc3c2C)C1.I. The van der Waals surface area contributed by atoms with E-state index in [1.54, 1.807) is 0 Å². The molecule has 1 aromatic heterocycles. The molecule has 144 valence electrons. The smallest absolute Gasteiger partial charge is 0.191 e. The lowest BCUT2D eigenvalue weighted by Crippen LogP contribution is -2.40. The van der Waals surface area contributed by atoms with Crippen LogP contribution in [0.2, 0.25) is 0 Å². The molecule has 0 spiro atoms. The molecule has 1 saturated heterocycles. The van der Waals surface area contributed by atoms with Crippen molar-refractivity contribution in [3.8, 4) is 0 Å². The first-order valence-electron chi connectivity index (χ1n) is 9.35. The number of nitrogens with one attached hydrogen (secondary N) is 2. The lowest BCUT2D eigenvalue weighted by atomic mass is 10.1. The minimum Gasteiger partial charge on any atom is -0.459 e. The molecule has 5 nitrogen and oxygen atoms in total. The molecule has 1 aromatic carbocycles. The minimum absolute atomic E-state index is 0. The summed E-state index contributed by atoms with van der Waals surface area (Å²) >= 11 is 0. The average Bonchev–Trinajstić information content (AvgIpc) is 3.20. The maximum absolute atomic E-state index is 5.96. The molecule has 0 saturated carbocycles. The second-order valence-electron chi connectivity index (χ2n) is 6.91. The van der Waals surface area contributed by atoms with Gasteiger partial charge < -0.3 is 20.0 Å². The molecule has 1 atom stereocenters. The number of aryl methyl sites for hydroxylation is 1. The number of furan rings is 1. The highest BCUT2D eigenvalue weighted by Crippen LogP contribution is 2.24. The first-order valence-corrected chi connectivity index (χ1v) is 9.35. The van der Waals surface area contributed by atoms with Gasteiger partial charge in [0.1, 0.15) is 11.3 Å². The van der Waals surface area contributed by atoms with Crippen LogP contribution in [-0.2, 0) is 6.54 Å². The fourth-order valence-corrected chi connectivity index (χ4v) is 3.62. The molecule has 2 aromatic rings. The number of guanidine groups is 1. The molecule has 0 amide bonds. The Morgan fingerprint density at radius 1 is 1.31 bits per heavy atom. The molecule has 1 aliphatic heterocycles. The van der Waals surface area contributed by atoms with Crippen molar-refractivity contribution in [3.05, 3.63) is 35.6 Å². The molecule has 0 bridgehead atoms. The summed E-state index contributed by atoms with van der Waals surface area (Å²) in [6, 6.07) is 8.17. The first-order chi connectivity index (χ1) is 12.2. The third-order valence-electron chi connectivity index (χ3n) is 5.05. The van der Waals surface area contributed by atoms with Gasteiger partial charge in [-0.15, -0.1) is 24.0 Å². The standard InChI is InChI=1S/C20H30N4O.HI/c1-4-10-24-11-9-16(14-24)12-22-20(21-3)23-13-19-15(2)17-7-5-6-8-18(17)25-19;/h5-8,16H,4,9-14H2,1-3H3,(H2,21,22,23);1H. The summed E-state index contributed by atoms with van der Waals surface area (Å²) in [5, 5.41) is 8.03. The van der Waals surface area contributed by atoms with Crippen LogP contribution in [0.3, 0.4) is 0 Å². The summed E-state index contributed by atoms with van der Waals surface area (Å²) in [6.45, 7) is 9.61. The maximum Gasteiger partial charge on any atom is 0.191 e. The first kappa shape index (κ1) is 21.0. The Labute approximate surface area is 173 Å². The molecule has 0 aliphatic carbocycles. The van der Waals surface area contributed by atoms with Gasteiger partial charge in [-0.2, -0.15) is 0 Å². The van der Waals surface area contributed by atoms with E-state index in [0.29, 0.717) is 12.5 Å². The van der Waals surface area contributed by atoms with E-state index in [4.69, 9.17) is 4.42 Å². The summed E-state index contributed by atoms with van der Waals surface area (Å²) in [5.74, 6) is 2.52. The van der Waals surface area contributed by atoms with Crippen molar-refractivity contribution in [3.63, 3.8) is 0 Å². The van der Waals surface area contributed by atoms with Gasteiger partial charge >= 0.3 is 0 Å². The van der Waals surface area contributed by atoms with Crippen molar-refractivity contribution in [2.75, 3.05) is 33.2 Å². The van der Waals surface area contributed by atoms with Crippen LogP contribution < -0.4 is 10.6 Å². The van der Waals surface area contributed by atoms with Crippen molar-refractivity contribution < 1.29 is 4.42 Å². The molecule has 2 heterocycles. The molecule has 1 aliphatic rings. The zero-order chi connectivity index (χ0) is 17.6. The van der Waals surface area contributed by atoms with E-state index in [2.05, 4.69) is 40.4 Å². The number of benzene rings is 1. The monoisotopic (exact) mass is 470 g/mol. The van der Waals surface area contributed by atoms with Gasteiger partial charge in [-0.1, -0.05) is 25.1 Å². The fourth-order valence-electron chi connectivity index (χ4n) is 3.62. The molecule has 26 heavy (non-hydrogen) atoms. The van der Waals surface area contributed by atoms with E-state index in [9.17, 15) is 0 Å². The zero-order valence-electron chi connectivity index (χ0n) is 16.0. The van der Waals surface area contributed by atoms with Crippen LogP contribution in [0.25, 0.3) is 11.0 Å². The van der Waals surface area contributed by atoms with Gasteiger partial charge in [0.25, 0.3) is 0 Å². The van der Waals surface area contributed by atoms with E-state index in [1.165, 1.54) is 43.4 Å². The number of aliphatic imine (C=N–C) groups is 1. The average molecular weight is 470 g/mol. The van der Waals surface area contributed by atoms with Gasteiger partial charge in [0.05, 0.1) is 6.54 Å². The van der Waals surface area contributed by atoms with Crippen LogP contribution in [-0.4, -0.2) is 44.1 Å². The lowest BCUT2D eigenvalue weighted by Gasteiger charge is -2.16. The van der Waals surface area contributed by atoms with Crippen molar-refractivity contribution in [1.29, 1.82) is 0 Å². The molecule has 0 radical (unpaired) electrons. The van der Waals surface area contributed by atoms with Crippen LogP contribution >= 0.6 is 24.0 Å². The highest BCUT2D eigenvalue weighted by atomic mass is 127. The fraction of sp³-hybridized carbons (Fsp3) is 0.550. The van der Waals surface area contributed by atoms with E-state index < -0.39 is 0 Å². The normalized spacial score (nSPS) is 18.1. The third kappa shape index (κ3) is 5.13. The van der Waals surface area contributed by atoms with Gasteiger partial charge in [-0.3, -0.25) is 4.99 Å².